The number of pyridine rings is 1. The fraction of sp³-hybridized carbons (Fsp3) is 0.350. The van der Waals surface area contributed by atoms with Gasteiger partial charge in [-0.05, 0) is 74.7 Å². The number of nitrogens with two attached hydrogens (primary N) is 1. The van der Waals surface area contributed by atoms with Gasteiger partial charge in [0.05, 0.1) is 26.4 Å². The lowest BCUT2D eigenvalue weighted by molar-refractivity contribution is -0.00456. The molecule has 13 heteroatoms. The number of rotatable bonds is 19. The van der Waals surface area contributed by atoms with Gasteiger partial charge in [-0.15, -0.1) is 0 Å². The van der Waals surface area contributed by atoms with Crippen molar-refractivity contribution in [1.82, 2.24) is 19.2 Å². The zero-order valence-electron chi connectivity index (χ0n) is 31.1. The van der Waals surface area contributed by atoms with E-state index in [-0.39, 0.29) is 44.0 Å². The Balaban J connectivity index is 1.57. The number of carbonyl (C=O) groups is 1. The highest BCUT2D eigenvalue weighted by Crippen LogP contribution is 2.46. The van der Waals surface area contributed by atoms with Crippen LogP contribution in [0.2, 0.25) is 0 Å². The summed E-state index contributed by atoms with van der Waals surface area (Å²) in [6, 6.07) is 27.6. The second-order valence-corrected chi connectivity index (χ2v) is 14.2. The molecule has 0 saturated heterocycles. The molecule has 5 rings (SSSR count). The van der Waals surface area contributed by atoms with Crippen LogP contribution in [-0.4, -0.2) is 71.2 Å². The van der Waals surface area contributed by atoms with Crippen LogP contribution in [0.15, 0.2) is 91.1 Å². The minimum absolute atomic E-state index is 0.0512. The van der Waals surface area contributed by atoms with E-state index >= 15 is 0 Å². The number of amides is 1. The van der Waals surface area contributed by atoms with Crippen LogP contribution >= 0.6 is 8.53 Å². The first-order valence-electron chi connectivity index (χ1n) is 17.4. The molecule has 0 aliphatic heterocycles. The topological polar surface area (TPSA) is 128 Å². The van der Waals surface area contributed by atoms with E-state index in [9.17, 15) is 4.79 Å². The van der Waals surface area contributed by atoms with Crippen molar-refractivity contribution in [2.45, 2.75) is 58.5 Å². The molecule has 0 saturated carbocycles. The van der Waals surface area contributed by atoms with Crippen LogP contribution in [-0.2, 0) is 32.5 Å². The summed E-state index contributed by atoms with van der Waals surface area (Å²) in [6.07, 6.45) is 1.46. The molecule has 0 aliphatic rings. The molecule has 3 aromatic carbocycles. The Kier molecular flexibility index (Phi) is 13.5. The predicted octanol–water partition coefficient (Wildman–Crippen LogP) is 7.35. The predicted molar refractivity (Wildman–Crippen MR) is 206 cm³/mol. The van der Waals surface area contributed by atoms with Crippen LogP contribution in [0.25, 0.3) is 16.0 Å². The number of fused-ring (bicyclic) bond motifs is 1. The lowest BCUT2D eigenvalue weighted by Gasteiger charge is -2.36. The molecule has 1 atom stereocenters. The Morgan fingerprint density at radius 2 is 1.45 bits per heavy atom. The van der Waals surface area contributed by atoms with Crippen molar-refractivity contribution in [2.24, 2.45) is 5.73 Å². The van der Waals surface area contributed by atoms with E-state index in [1.807, 2.05) is 83.4 Å². The molecule has 278 valence electrons. The molecule has 0 radical (unpaired) electrons. The van der Waals surface area contributed by atoms with E-state index in [0.717, 1.165) is 28.2 Å². The third-order valence-corrected chi connectivity index (χ3v) is 10.8. The molecule has 12 nitrogen and oxygen atoms in total. The van der Waals surface area contributed by atoms with Crippen LogP contribution in [0.4, 0.5) is 0 Å². The number of primary amides is 1. The number of imidazole rings is 1. The van der Waals surface area contributed by atoms with Gasteiger partial charge in [-0.3, -0.25) is 4.79 Å². The minimum Gasteiger partial charge on any atom is -0.497 e. The van der Waals surface area contributed by atoms with E-state index in [1.165, 1.54) is 6.20 Å². The van der Waals surface area contributed by atoms with Crippen LogP contribution < -0.4 is 15.2 Å². The van der Waals surface area contributed by atoms with Crippen LogP contribution in [0.3, 0.4) is 0 Å². The van der Waals surface area contributed by atoms with Gasteiger partial charge >= 0.3 is 0 Å². The number of nitrogens with zero attached hydrogens (tertiary/aromatic N) is 5. The smallest absolute Gasteiger partial charge is 0.259 e. The zero-order chi connectivity index (χ0) is 38.0. The molecule has 0 aliphatic carbocycles. The number of methoxy groups -OCH3 is 2. The normalized spacial score (nSPS) is 12.4. The SMILES string of the molecule is [C-]#[N+]CCOP(OCCn1c(COC(c2ccccc2)(c2ccc(OC)cc2)c2ccc(OC)cc2)nc2cc(C(N)=O)cnc21)N(C(C)C)C(C)C. The quantitative estimate of drug-likeness (QED) is 0.0400. The largest absolute Gasteiger partial charge is 0.497 e. The first kappa shape index (κ1) is 39.3. The monoisotopic (exact) mass is 738 g/mol. The van der Waals surface area contributed by atoms with E-state index < -0.39 is 20.0 Å². The van der Waals surface area contributed by atoms with E-state index in [2.05, 4.69) is 42.2 Å². The molecule has 5 aromatic rings. The maximum Gasteiger partial charge on any atom is 0.259 e. The average molecular weight is 739 g/mol. The Bertz CT molecular complexity index is 1920. The number of aromatic nitrogens is 3. The lowest BCUT2D eigenvalue weighted by Crippen LogP contribution is -2.34. The zero-order valence-corrected chi connectivity index (χ0v) is 32.0. The third-order valence-electron chi connectivity index (χ3n) is 8.71. The van der Waals surface area contributed by atoms with Crippen molar-refractivity contribution in [3.05, 3.63) is 131 Å². The van der Waals surface area contributed by atoms with E-state index in [0.29, 0.717) is 23.5 Å². The summed E-state index contributed by atoms with van der Waals surface area (Å²) < 4.78 is 34.9. The number of hydrogen-bond acceptors (Lipinski definition) is 9. The number of benzene rings is 3. The Labute approximate surface area is 312 Å². The van der Waals surface area contributed by atoms with Gasteiger partial charge in [0.25, 0.3) is 8.53 Å². The number of carbonyl (C=O) groups excluding carboxylic acids is 1. The molecule has 0 bridgehead atoms. The second-order valence-electron chi connectivity index (χ2n) is 12.8. The van der Waals surface area contributed by atoms with Gasteiger partial charge in [0.15, 0.2) is 5.65 Å². The summed E-state index contributed by atoms with van der Waals surface area (Å²) in [6.45, 7) is 16.8. The molecule has 2 heterocycles. The Hall–Kier alpha value is -4.89. The molecule has 2 N–H and O–H groups in total. The second kappa shape index (κ2) is 18.2. The summed E-state index contributed by atoms with van der Waals surface area (Å²) in [4.78, 5) is 25.2. The van der Waals surface area contributed by atoms with Gasteiger partial charge < -0.3 is 38.4 Å². The highest BCUT2D eigenvalue weighted by atomic mass is 31.2. The summed E-state index contributed by atoms with van der Waals surface area (Å²) in [5.41, 5.74) is 8.50. The molecule has 1 unspecified atom stereocenters. The molecule has 53 heavy (non-hydrogen) atoms. The maximum atomic E-state index is 12.1. The number of ether oxygens (including phenoxy) is 3. The molecule has 0 spiro atoms. The minimum atomic E-state index is -1.47. The van der Waals surface area contributed by atoms with Crippen molar-refractivity contribution in [2.75, 3.05) is 34.0 Å². The highest BCUT2D eigenvalue weighted by molar-refractivity contribution is 7.44. The first-order valence-corrected chi connectivity index (χ1v) is 18.6. The van der Waals surface area contributed by atoms with Crippen LogP contribution in [0.5, 0.6) is 11.5 Å². The Morgan fingerprint density at radius 3 is 1.98 bits per heavy atom. The molecular weight excluding hydrogens is 691 g/mol. The van der Waals surface area contributed by atoms with Gasteiger partial charge in [0.2, 0.25) is 12.5 Å². The van der Waals surface area contributed by atoms with E-state index in [4.69, 9.17) is 40.5 Å². The maximum absolute atomic E-state index is 12.1. The van der Waals surface area contributed by atoms with Gasteiger partial charge in [0.1, 0.15) is 41.7 Å². The average Bonchev–Trinajstić information content (AvgIpc) is 3.52. The van der Waals surface area contributed by atoms with Crippen molar-refractivity contribution in [3.8, 4) is 11.5 Å². The first-order chi connectivity index (χ1) is 25.6. The van der Waals surface area contributed by atoms with Gasteiger partial charge in [-0.25, -0.2) is 21.2 Å². The lowest BCUT2D eigenvalue weighted by atomic mass is 9.80. The van der Waals surface area contributed by atoms with Crippen molar-refractivity contribution < 1.29 is 28.1 Å². The van der Waals surface area contributed by atoms with E-state index in [1.54, 1.807) is 20.3 Å². The van der Waals surface area contributed by atoms with Gasteiger partial charge in [-0.1, -0.05) is 54.6 Å². The summed E-state index contributed by atoms with van der Waals surface area (Å²) >= 11 is 0. The fourth-order valence-electron chi connectivity index (χ4n) is 6.30. The summed E-state index contributed by atoms with van der Waals surface area (Å²) in [5, 5.41) is 0. The highest BCUT2D eigenvalue weighted by Gasteiger charge is 2.38. The van der Waals surface area contributed by atoms with Gasteiger partial charge in [0, 0.05) is 24.8 Å². The van der Waals surface area contributed by atoms with Crippen LogP contribution in [0, 0.1) is 6.57 Å². The standard InChI is InChI=1S/C40H47N6O6P/c1-28(2)46(29(3)4)53(51-23-21-42-5)52-24-22-45-37(44-36-25-30(38(41)47)26-43-39(36)45)27-50-40(31-11-9-8-10-12-31,32-13-17-34(48-6)18-14-32)33-15-19-35(49-7)20-16-33/h8-20,25-26,28-29H,21-24,27H2,1-4,6-7H3,(H2,41,47). The Morgan fingerprint density at radius 1 is 0.887 bits per heavy atom. The number of hydrogen-bond donors (Lipinski definition) is 1. The summed E-state index contributed by atoms with van der Waals surface area (Å²) in [7, 11) is 1.81. The summed E-state index contributed by atoms with van der Waals surface area (Å²) in [5.74, 6) is 1.41. The van der Waals surface area contributed by atoms with Crippen molar-refractivity contribution in [1.29, 1.82) is 0 Å². The molecule has 0 fully saturated rings. The molecular formula is C40H47N6O6P. The fourth-order valence-corrected chi connectivity index (χ4v) is 7.87. The van der Waals surface area contributed by atoms with Crippen molar-refractivity contribution in [3.63, 3.8) is 0 Å². The molecule has 1 amide bonds. The van der Waals surface area contributed by atoms with Crippen LogP contribution in [0.1, 0.15) is 60.6 Å². The molecule has 2 aromatic heterocycles. The van der Waals surface area contributed by atoms with Crippen molar-refractivity contribution >= 4 is 25.6 Å². The van der Waals surface area contributed by atoms with Gasteiger partial charge in [-0.2, -0.15) is 0 Å². The third kappa shape index (κ3) is 9.02.